The Morgan fingerprint density at radius 3 is 2.83 bits per heavy atom. The second kappa shape index (κ2) is 5.14. The van der Waals surface area contributed by atoms with E-state index in [2.05, 4.69) is 36.8 Å². The van der Waals surface area contributed by atoms with E-state index in [1.807, 2.05) is 13.0 Å². The van der Waals surface area contributed by atoms with Crippen molar-refractivity contribution in [2.45, 2.75) is 39.7 Å². The number of benzene rings is 1. The van der Waals surface area contributed by atoms with Crippen LogP contribution in [0.5, 0.6) is 0 Å². The summed E-state index contributed by atoms with van der Waals surface area (Å²) in [5, 5.41) is 1.09. The van der Waals surface area contributed by atoms with Crippen molar-refractivity contribution < 1.29 is 0 Å². The first kappa shape index (κ1) is 13.1. The van der Waals surface area contributed by atoms with Crippen LogP contribution < -0.4 is 10.6 Å². The van der Waals surface area contributed by atoms with Crippen molar-refractivity contribution in [1.29, 1.82) is 0 Å². The molecule has 0 saturated carbocycles. The third-order valence-electron chi connectivity index (χ3n) is 3.39. The zero-order valence-corrected chi connectivity index (χ0v) is 12.3. The van der Waals surface area contributed by atoms with Crippen LogP contribution in [0.1, 0.15) is 31.7 Å². The maximum absolute atomic E-state index is 6.17. The Bertz CT molecular complexity index is 547. The van der Waals surface area contributed by atoms with Crippen LogP contribution in [-0.2, 0) is 0 Å². The van der Waals surface area contributed by atoms with E-state index in [9.17, 15) is 0 Å². The second-order valence-corrected chi connectivity index (χ2v) is 6.10. The van der Waals surface area contributed by atoms with Gasteiger partial charge in [0.25, 0.3) is 0 Å². The molecule has 0 spiro atoms. The summed E-state index contributed by atoms with van der Waals surface area (Å²) in [5.74, 6) is 0. The lowest BCUT2D eigenvalue weighted by Crippen LogP contribution is -2.29. The summed E-state index contributed by atoms with van der Waals surface area (Å²) >= 11 is 1.70. The van der Waals surface area contributed by atoms with Gasteiger partial charge in [0.2, 0.25) is 0 Å². The molecule has 2 aromatic rings. The van der Waals surface area contributed by atoms with Crippen molar-refractivity contribution >= 4 is 32.9 Å². The maximum Gasteiger partial charge on any atom is 0.0907 e. The molecule has 2 N–H and O–H groups in total. The van der Waals surface area contributed by atoms with Gasteiger partial charge in [0.15, 0.2) is 0 Å². The molecular formula is C14H21N3S. The number of nitrogen functional groups attached to an aromatic ring is 1. The Hall–Kier alpha value is -1.29. The number of aromatic nitrogens is 1. The number of hydrogen-bond acceptors (Lipinski definition) is 4. The molecule has 1 atom stereocenters. The fourth-order valence-corrected chi connectivity index (χ4v) is 3.11. The summed E-state index contributed by atoms with van der Waals surface area (Å²) in [6, 6.07) is 4.65. The Labute approximate surface area is 113 Å². The van der Waals surface area contributed by atoms with E-state index in [1.165, 1.54) is 17.5 Å². The lowest BCUT2D eigenvalue weighted by Gasteiger charge is -2.28. The quantitative estimate of drug-likeness (QED) is 0.853. The standard InChI is InChI=1S/C14H21N3S/c1-5-6-9(2)17(4)13-8-12-14(7-11(13)15)18-10(3)16-12/h7-9H,5-6,15H2,1-4H3. The van der Waals surface area contributed by atoms with Crippen LogP contribution in [0.2, 0.25) is 0 Å². The first-order valence-electron chi connectivity index (χ1n) is 6.42. The minimum atomic E-state index is 0.495. The van der Waals surface area contributed by atoms with Gasteiger partial charge in [-0.2, -0.15) is 0 Å². The highest BCUT2D eigenvalue weighted by Crippen LogP contribution is 2.32. The van der Waals surface area contributed by atoms with E-state index >= 15 is 0 Å². The zero-order chi connectivity index (χ0) is 13.3. The highest BCUT2D eigenvalue weighted by molar-refractivity contribution is 7.18. The van der Waals surface area contributed by atoms with Crippen molar-refractivity contribution in [3.8, 4) is 0 Å². The van der Waals surface area contributed by atoms with Gasteiger partial charge in [-0.05, 0) is 32.4 Å². The number of hydrogen-bond donors (Lipinski definition) is 1. The van der Waals surface area contributed by atoms with E-state index in [1.54, 1.807) is 11.3 Å². The van der Waals surface area contributed by atoms with Gasteiger partial charge in [0.05, 0.1) is 26.6 Å². The molecule has 0 aliphatic rings. The van der Waals surface area contributed by atoms with Crippen LogP contribution in [0, 0.1) is 6.92 Å². The summed E-state index contributed by atoms with van der Waals surface area (Å²) in [4.78, 5) is 6.80. The number of nitrogens with two attached hydrogens (primary N) is 1. The number of rotatable bonds is 4. The first-order valence-corrected chi connectivity index (χ1v) is 7.24. The molecule has 3 nitrogen and oxygen atoms in total. The monoisotopic (exact) mass is 263 g/mol. The Kier molecular flexibility index (Phi) is 3.76. The molecule has 1 aromatic carbocycles. The van der Waals surface area contributed by atoms with E-state index in [0.29, 0.717) is 6.04 Å². The third-order valence-corrected chi connectivity index (χ3v) is 4.33. The second-order valence-electron chi connectivity index (χ2n) is 4.86. The average Bonchev–Trinajstić information content (AvgIpc) is 2.66. The van der Waals surface area contributed by atoms with Crippen molar-refractivity contribution in [1.82, 2.24) is 4.98 Å². The maximum atomic E-state index is 6.17. The average molecular weight is 263 g/mol. The van der Waals surface area contributed by atoms with Gasteiger partial charge >= 0.3 is 0 Å². The molecule has 98 valence electrons. The Morgan fingerprint density at radius 1 is 1.44 bits per heavy atom. The molecule has 2 rings (SSSR count). The van der Waals surface area contributed by atoms with E-state index in [-0.39, 0.29) is 0 Å². The molecule has 0 aliphatic carbocycles. The lowest BCUT2D eigenvalue weighted by molar-refractivity contribution is 0.617. The molecule has 1 heterocycles. The summed E-state index contributed by atoms with van der Waals surface area (Å²) in [6.07, 6.45) is 2.35. The van der Waals surface area contributed by atoms with Crippen molar-refractivity contribution in [2.75, 3.05) is 17.7 Å². The lowest BCUT2D eigenvalue weighted by atomic mass is 10.1. The molecule has 0 aliphatic heterocycles. The molecule has 1 unspecified atom stereocenters. The van der Waals surface area contributed by atoms with Crippen LogP contribution in [0.15, 0.2) is 12.1 Å². The fourth-order valence-electron chi connectivity index (χ4n) is 2.25. The largest absolute Gasteiger partial charge is 0.397 e. The smallest absolute Gasteiger partial charge is 0.0907 e. The zero-order valence-electron chi connectivity index (χ0n) is 11.5. The predicted molar refractivity (Wildman–Crippen MR) is 81.5 cm³/mol. The van der Waals surface area contributed by atoms with Gasteiger partial charge in [-0.3, -0.25) is 0 Å². The highest BCUT2D eigenvalue weighted by atomic mass is 32.1. The third kappa shape index (κ3) is 2.43. The number of fused-ring (bicyclic) bond motifs is 1. The molecule has 0 saturated heterocycles. The summed E-state index contributed by atoms with van der Waals surface area (Å²) in [7, 11) is 2.11. The summed E-state index contributed by atoms with van der Waals surface area (Å²) < 4.78 is 1.17. The Morgan fingerprint density at radius 2 is 2.17 bits per heavy atom. The minimum absolute atomic E-state index is 0.495. The molecule has 0 bridgehead atoms. The topological polar surface area (TPSA) is 42.2 Å². The van der Waals surface area contributed by atoms with Crippen LogP contribution in [0.4, 0.5) is 11.4 Å². The molecule has 4 heteroatoms. The summed E-state index contributed by atoms with van der Waals surface area (Å²) in [5.41, 5.74) is 9.16. The normalized spacial score (nSPS) is 12.9. The van der Waals surface area contributed by atoms with Gasteiger partial charge in [-0.25, -0.2) is 4.98 Å². The number of nitrogens with zero attached hydrogens (tertiary/aromatic N) is 2. The number of anilines is 2. The molecule has 0 radical (unpaired) electrons. The van der Waals surface area contributed by atoms with E-state index in [0.717, 1.165) is 21.9 Å². The van der Waals surface area contributed by atoms with Crippen molar-refractivity contribution in [3.63, 3.8) is 0 Å². The van der Waals surface area contributed by atoms with Crippen molar-refractivity contribution in [3.05, 3.63) is 17.1 Å². The highest BCUT2D eigenvalue weighted by Gasteiger charge is 2.14. The van der Waals surface area contributed by atoms with Crippen LogP contribution in [0.25, 0.3) is 10.2 Å². The number of aryl methyl sites for hydroxylation is 1. The van der Waals surface area contributed by atoms with Crippen LogP contribution >= 0.6 is 11.3 Å². The summed E-state index contributed by atoms with van der Waals surface area (Å²) in [6.45, 7) is 6.48. The SMILES string of the molecule is CCCC(C)N(C)c1cc2nc(C)sc2cc1N. The van der Waals surface area contributed by atoms with Crippen LogP contribution in [0.3, 0.4) is 0 Å². The number of thiazole rings is 1. The fraction of sp³-hybridized carbons (Fsp3) is 0.500. The Balaban J connectivity index is 2.40. The van der Waals surface area contributed by atoms with Gasteiger partial charge in [-0.15, -0.1) is 11.3 Å². The van der Waals surface area contributed by atoms with E-state index < -0.39 is 0 Å². The first-order chi connectivity index (χ1) is 8.52. The van der Waals surface area contributed by atoms with Crippen LogP contribution in [-0.4, -0.2) is 18.1 Å². The molecule has 0 amide bonds. The van der Waals surface area contributed by atoms with Gasteiger partial charge in [-0.1, -0.05) is 13.3 Å². The molecule has 0 fully saturated rings. The van der Waals surface area contributed by atoms with Gasteiger partial charge in [0.1, 0.15) is 0 Å². The minimum Gasteiger partial charge on any atom is -0.397 e. The predicted octanol–water partition coefficient (Wildman–Crippen LogP) is 3.81. The molecule has 1 aromatic heterocycles. The van der Waals surface area contributed by atoms with E-state index in [4.69, 9.17) is 5.73 Å². The van der Waals surface area contributed by atoms with Gasteiger partial charge < -0.3 is 10.6 Å². The van der Waals surface area contributed by atoms with Gasteiger partial charge in [0, 0.05) is 13.1 Å². The molecular weight excluding hydrogens is 242 g/mol. The molecule has 18 heavy (non-hydrogen) atoms. The van der Waals surface area contributed by atoms with Crippen molar-refractivity contribution in [2.24, 2.45) is 0 Å².